The van der Waals surface area contributed by atoms with Crippen LogP contribution in [0.4, 0.5) is 5.69 Å². The molecule has 1 atom stereocenters. The van der Waals surface area contributed by atoms with Crippen LogP contribution in [0.25, 0.3) is 0 Å². The first-order valence-corrected chi connectivity index (χ1v) is 9.86. The van der Waals surface area contributed by atoms with Crippen LogP contribution in [-0.4, -0.2) is 36.6 Å². The number of thioether (sulfide) groups is 1. The van der Waals surface area contributed by atoms with Gasteiger partial charge in [0.25, 0.3) is 0 Å². The number of hydrogen-bond donors (Lipinski definition) is 1. The molecule has 1 heterocycles. The van der Waals surface area contributed by atoms with Crippen molar-refractivity contribution in [3.63, 3.8) is 0 Å². The van der Waals surface area contributed by atoms with Gasteiger partial charge in [-0.15, -0.1) is 5.10 Å². The van der Waals surface area contributed by atoms with Crippen LogP contribution >= 0.6 is 35.0 Å². The Hall–Kier alpha value is -2.02. The Bertz CT molecular complexity index is 897. The average Bonchev–Trinajstić information content (AvgIpc) is 2.99. The maximum atomic E-state index is 12.2. The lowest BCUT2D eigenvalue weighted by Gasteiger charge is -2.11. The van der Waals surface area contributed by atoms with Gasteiger partial charge in [-0.2, -0.15) is 5.10 Å². The fraction of sp³-hybridized carbons (Fsp3) is 0.211. The molecule has 1 N–H and O–H groups in total. The number of halogens is 2. The summed E-state index contributed by atoms with van der Waals surface area (Å²) in [4.78, 5) is 14.2. The summed E-state index contributed by atoms with van der Waals surface area (Å²) in [5.74, 6) is -0.111. The summed E-state index contributed by atoms with van der Waals surface area (Å²) in [5.41, 5.74) is 2.88. The zero-order valence-corrected chi connectivity index (χ0v) is 17.1. The van der Waals surface area contributed by atoms with Gasteiger partial charge >= 0.3 is 0 Å². The number of carbonyl (C=O) groups excluding carboxylic acids is 1. The first-order chi connectivity index (χ1) is 12.9. The molecule has 1 fully saturated rings. The number of hydrogen-bond acceptors (Lipinski definition) is 5. The minimum Gasteiger partial charge on any atom is -0.378 e. The molecular formula is C19H18Cl2N4OS. The van der Waals surface area contributed by atoms with E-state index in [1.165, 1.54) is 11.8 Å². The number of rotatable bonds is 5. The van der Waals surface area contributed by atoms with Gasteiger partial charge in [-0.1, -0.05) is 59.2 Å². The molecule has 0 spiro atoms. The third-order valence-electron chi connectivity index (χ3n) is 3.98. The van der Waals surface area contributed by atoms with E-state index in [1.54, 1.807) is 12.3 Å². The van der Waals surface area contributed by atoms with Crippen LogP contribution in [0.15, 0.2) is 52.7 Å². The molecule has 0 unspecified atom stereocenters. The maximum absolute atomic E-state index is 12.2. The van der Waals surface area contributed by atoms with E-state index >= 15 is 0 Å². The monoisotopic (exact) mass is 420 g/mol. The summed E-state index contributed by atoms with van der Waals surface area (Å²) in [6.45, 7) is 0. The number of amidine groups is 1. The molecule has 0 aliphatic carbocycles. The van der Waals surface area contributed by atoms with Crippen LogP contribution < -0.4 is 10.2 Å². The summed E-state index contributed by atoms with van der Waals surface area (Å²) in [6, 6.07) is 13.3. The van der Waals surface area contributed by atoms with Crippen molar-refractivity contribution in [3.8, 4) is 0 Å². The Balaban J connectivity index is 1.63. The Morgan fingerprint density at radius 2 is 1.93 bits per heavy atom. The first-order valence-electron chi connectivity index (χ1n) is 8.23. The number of anilines is 1. The molecule has 27 heavy (non-hydrogen) atoms. The lowest BCUT2D eigenvalue weighted by Crippen LogP contribution is -2.26. The largest absolute Gasteiger partial charge is 0.378 e. The fourth-order valence-electron chi connectivity index (χ4n) is 2.50. The van der Waals surface area contributed by atoms with Gasteiger partial charge in [0.15, 0.2) is 5.17 Å². The minimum absolute atomic E-state index is 0.111. The van der Waals surface area contributed by atoms with Crippen molar-refractivity contribution >= 4 is 57.9 Å². The van der Waals surface area contributed by atoms with Crippen LogP contribution in [0.2, 0.25) is 10.0 Å². The summed E-state index contributed by atoms with van der Waals surface area (Å²) < 4.78 is 0. The van der Waals surface area contributed by atoms with E-state index in [0.717, 1.165) is 16.8 Å². The average molecular weight is 421 g/mol. The Morgan fingerprint density at radius 3 is 2.63 bits per heavy atom. The topological polar surface area (TPSA) is 57.1 Å². The summed E-state index contributed by atoms with van der Waals surface area (Å²) >= 11 is 13.6. The highest BCUT2D eigenvalue weighted by molar-refractivity contribution is 8.15. The van der Waals surface area contributed by atoms with Gasteiger partial charge in [-0.05, 0) is 35.7 Å². The molecule has 3 rings (SSSR count). The maximum Gasteiger partial charge on any atom is 0.239 e. The zero-order valence-electron chi connectivity index (χ0n) is 14.8. The highest BCUT2D eigenvalue weighted by atomic mass is 35.5. The van der Waals surface area contributed by atoms with Gasteiger partial charge in [0.05, 0.1) is 21.5 Å². The van der Waals surface area contributed by atoms with Crippen molar-refractivity contribution in [2.75, 3.05) is 19.0 Å². The number of benzene rings is 2. The van der Waals surface area contributed by atoms with Gasteiger partial charge in [-0.25, -0.2) is 0 Å². The van der Waals surface area contributed by atoms with E-state index in [1.807, 2.05) is 55.4 Å². The van der Waals surface area contributed by atoms with Crippen LogP contribution in [0, 0.1) is 0 Å². The van der Waals surface area contributed by atoms with Crippen molar-refractivity contribution in [1.82, 2.24) is 5.32 Å². The van der Waals surface area contributed by atoms with Crippen molar-refractivity contribution in [1.29, 1.82) is 0 Å². The molecule has 0 saturated carbocycles. The number of nitrogens with one attached hydrogen (secondary N) is 1. The van der Waals surface area contributed by atoms with Gasteiger partial charge < -0.3 is 10.2 Å². The van der Waals surface area contributed by atoms with Crippen LogP contribution in [0.1, 0.15) is 11.1 Å². The molecule has 1 saturated heterocycles. The smallest absolute Gasteiger partial charge is 0.239 e. The molecular weight excluding hydrogens is 403 g/mol. The van der Waals surface area contributed by atoms with E-state index in [2.05, 4.69) is 15.5 Å². The Labute approximate surface area is 172 Å². The molecule has 1 aliphatic rings. The standard InChI is InChI=1S/C19H18Cl2N4OS/c1-25(2)14-8-6-12(7-9-14)11-22-24-19-23-18(26)16(27-19)10-13-4-3-5-15(20)17(13)21/h3-9,11,16H,10H2,1-2H3,(H,23,24,26)/b22-11+/t16-/m1/s1. The van der Waals surface area contributed by atoms with Crippen molar-refractivity contribution in [2.45, 2.75) is 11.7 Å². The lowest BCUT2D eigenvalue weighted by atomic mass is 10.1. The Morgan fingerprint density at radius 1 is 1.19 bits per heavy atom. The molecule has 8 heteroatoms. The van der Waals surface area contributed by atoms with Crippen LogP contribution in [0.3, 0.4) is 0 Å². The lowest BCUT2D eigenvalue weighted by molar-refractivity contribution is -0.118. The number of carbonyl (C=O) groups is 1. The van der Waals surface area contributed by atoms with Crippen molar-refractivity contribution < 1.29 is 4.79 Å². The minimum atomic E-state index is -0.311. The van der Waals surface area contributed by atoms with E-state index in [4.69, 9.17) is 23.2 Å². The molecule has 0 bridgehead atoms. The third kappa shape index (κ3) is 5.03. The quantitative estimate of drug-likeness (QED) is 0.581. The normalized spacial score (nSPS) is 18.3. The SMILES string of the molecule is CN(C)c1ccc(/C=N/N=C2\NC(=O)[C@@H](Cc3cccc(Cl)c3Cl)S2)cc1. The van der Waals surface area contributed by atoms with Gasteiger partial charge in [0, 0.05) is 19.8 Å². The molecule has 2 aromatic rings. The summed E-state index contributed by atoms with van der Waals surface area (Å²) in [6.07, 6.45) is 2.13. The first kappa shape index (κ1) is 19.7. The highest BCUT2D eigenvalue weighted by Gasteiger charge is 2.31. The van der Waals surface area contributed by atoms with E-state index < -0.39 is 0 Å². The summed E-state index contributed by atoms with van der Waals surface area (Å²) in [7, 11) is 3.98. The van der Waals surface area contributed by atoms with Crippen LogP contribution in [0.5, 0.6) is 0 Å². The molecule has 2 aromatic carbocycles. The van der Waals surface area contributed by atoms with Crippen molar-refractivity contribution in [2.24, 2.45) is 10.2 Å². The molecule has 140 valence electrons. The number of nitrogens with zero attached hydrogens (tertiary/aromatic N) is 3. The Kier molecular flexibility index (Phi) is 6.42. The van der Waals surface area contributed by atoms with E-state index in [-0.39, 0.29) is 11.2 Å². The predicted molar refractivity (Wildman–Crippen MR) is 115 cm³/mol. The number of amides is 1. The third-order valence-corrected chi connectivity index (χ3v) is 5.91. The molecule has 5 nitrogen and oxygen atoms in total. The highest BCUT2D eigenvalue weighted by Crippen LogP contribution is 2.30. The zero-order chi connectivity index (χ0) is 19.4. The van der Waals surface area contributed by atoms with Gasteiger partial charge in [-0.3, -0.25) is 4.79 Å². The molecule has 0 radical (unpaired) electrons. The summed E-state index contributed by atoms with van der Waals surface area (Å²) in [5, 5.41) is 12.1. The molecule has 0 aromatic heterocycles. The van der Waals surface area contributed by atoms with Crippen molar-refractivity contribution in [3.05, 3.63) is 63.6 Å². The second kappa shape index (κ2) is 8.78. The molecule has 1 aliphatic heterocycles. The van der Waals surface area contributed by atoms with Crippen LogP contribution in [-0.2, 0) is 11.2 Å². The van der Waals surface area contributed by atoms with E-state index in [0.29, 0.717) is 21.6 Å². The molecule has 1 amide bonds. The second-order valence-electron chi connectivity index (χ2n) is 6.15. The van der Waals surface area contributed by atoms with Gasteiger partial charge in [0.1, 0.15) is 0 Å². The predicted octanol–water partition coefficient (Wildman–Crippen LogP) is 4.22. The van der Waals surface area contributed by atoms with E-state index in [9.17, 15) is 4.79 Å². The van der Waals surface area contributed by atoms with Gasteiger partial charge in [0.2, 0.25) is 5.91 Å². The second-order valence-corrected chi connectivity index (χ2v) is 8.13. The fourth-order valence-corrected chi connectivity index (χ4v) is 3.85.